The quantitative estimate of drug-likeness (QED) is 0.539. The average molecular weight is 160 g/mol. The Kier molecular flexibility index (Phi) is 2.92. The fourth-order valence-corrected chi connectivity index (χ4v) is 0.654. The van der Waals surface area contributed by atoms with E-state index in [0.29, 0.717) is 5.76 Å². The predicted octanol–water partition coefficient (Wildman–Crippen LogP) is 1.57. The van der Waals surface area contributed by atoms with E-state index in [1.54, 1.807) is 18.2 Å². The van der Waals surface area contributed by atoms with E-state index >= 15 is 0 Å². The maximum absolute atomic E-state index is 10.7. The van der Waals surface area contributed by atoms with Gasteiger partial charge in [0.05, 0.1) is 0 Å². The van der Waals surface area contributed by atoms with Crippen LogP contribution in [0.2, 0.25) is 0 Å². The molecule has 1 aromatic heterocycles. The number of allylic oxidation sites excluding steroid dienone is 2. The summed E-state index contributed by atoms with van der Waals surface area (Å²) in [5.74, 6) is 5.79. The minimum Gasteiger partial charge on any atom is -0.414 e. The van der Waals surface area contributed by atoms with E-state index in [1.807, 2.05) is 13.0 Å². The van der Waals surface area contributed by atoms with Crippen LogP contribution in [-0.4, -0.2) is 0 Å². The summed E-state index contributed by atoms with van der Waals surface area (Å²) in [6.07, 6.45) is 3.50. The van der Waals surface area contributed by atoms with E-state index in [-0.39, 0.29) is 5.63 Å². The molecule has 1 aromatic rings. The Morgan fingerprint density at radius 2 is 2.33 bits per heavy atom. The third-order valence-corrected chi connectivity index (χ3v) is 1.14. The summed E-state index contributed by atoms with van der Waals surface area (Å²) in [6.45, 7) is 1.87. The lowest BCUT2D eigenvalue weighted by molar-refractivity contribution is 0.499. The van der Waals surface area contributed by atoms with Crippen LogP contribution < -0.4 is 5.63 Å². The van der Waals surface area contributed by atoms with Crippen molar-refractivity contribution in [1.82, 2.24) is 0 Å². The van der Waals surface area contributed by atoms with Crippen LogP contribution in [-0.2, 0) is 0 Å². The SMILES string of the molecule is CC=CC#Cc1cccc(=O)o1. The Bertz CT molecular complexity index is 388. The average Bonchev–Trinajstić information content (AvgIpc) is 2.05. The molecule has 0 fully saturated rings. The van der Waals surface area contributed by atoms with E-state index in [0.717, 1.165) is 0 Å². The van der Waals surface area contributed by atoms with Crippen molar-refractivity contribution in [2.45, 2.75) is 6.92 Å². The molecule has 0 aromatic carbocycles. The lowest BCUT2D eigenvalue weighted by Gasteiger charge is -1.83. The minimum absolute atomic E-state index is 0.373. The van der Waals surface area contributed by atoms with Crippen LogP contribution in [0.25, 0.3) is 0 Å². The zero-order valence-electron chi connectivity index (χ0n) is 6.70. The third-order valence-electron chi connectivity index (χ3n) is 1.14. The van der Waals surface area contributed by atoms with Gasteiger partial charge in [-0.25, -0.2) is 4.79 Å². The second-order valence-electron chi connectivity index (χ2n) is 2.08. The summed E-state index contributed by atoms with van der Waals surface area (Å²) >= 11 is 0. The van der Waals surface area contributed by atoms with Gasteiger partial charge in [0.2, 0.25) is 0 Å². The summed E-state index contributed by atoms with van der Waals surface area (Å²) in [7, 11) is 0. The van der Waals surface area contributed by atoms with Gasteiger partial charge in [-0.15, -0.1) is 0 Å². The minimum atomic E-state index is -0.373. The molecule has 1 heterocycles. The zero-order valence-corrected chi connectivity index (χ0v) is 6.70. The molecule has 0 amide bonds. The molecule has 0 saturated carbocycles. The second kappa shape index (κ2) is 4.20. The maximum Gasteiger partial charge on any atom is 0.336 e. The Morgan fingerprint density at radius 3 is 3.00 bits per heavy atom. The molecule has 0 spiro atoms. The van der Waals surface area contributed by atoms with Crippen LogP contribution in [0.5, 0.6) is 0 Å². The summed E-state index contributed by atoms with van der Waals surface area (Å²) in [6, 6.07) is 4.62. The first-order valence-electron chi connectivity index (χ1n) is 3.56. The summed E-state index contributed by atoms with van der Waals surface area (Å²) in [5.41, 5.74) is -0.373. The lowest BCUT2D eigenvalue weighted by atomic mass is 10.4. The first-order valence-corrected chi connectivity index (χ1v) is 3.56. The normalized spacial score (nSPS) is 9.42. The van der Waals surface area contributed by atoms with Gasteiger partial charge in [0, 0.05) is 6.07 Å². The van der Waals surface area contributed by atoms with Crippen molar-refractivity contribution in [2.24, 2.45) is 0 Å². The van der Waals surface area contributed by atoms with E-state index < -0.39 is 0 Å². The van der Waals surface area contributed by atoms with Crippen LogP contribution in [0.3, 0.4) is 0 Å². The summed E-state index contributed by atoms with van der Waals surface area (Å²) in [4.78, 5) is 10.7. The molecule has 0 aliphatic heterocycles. The molecule has 0 bridgehead atoms. The van der Waals surface area contributed by atoms with Crippen LogP contribution in [0.1, 0.15) is 12.7 Å². The monoisotopic (exact) mass is 160 g/mol. The van der Waals surface area contributed by atoms with Crippen LogP contribution in [0.15, 0.2) is 39.6 Å². The van der Waals surface area contributed by atoms with Crippen LogP contribution >= 0.6 is 0 Å². The highest BCUT2D eigenvalue weighted by Gasteiger charge is 1.87. The molecule has 1 rings (SSSR count). The molecule has 0 saturated heterocycles. The molecule has 0 radical (unpaired) electrons. The Labute approximate surface area is 70.5 Å². The van der Waals surface area contributed by atoms with Gasteiger partial charge < -0.3 is 4.42 Å². The zero-order chi connectivity index (χ0) is 8.81. The smallest absolute Gasteiger partial charge is 0.336 e. The molecule has 0 aliphatic carbocycles. The van der Waals surface area contributed by atoms with Gasteiger partial charge in [-0.05, 0) is 25.0 Å². The predicted molar refractivity (Wildman–Crippen MR) is 46.7 cm³/mol. The van der Waals surface area contributed by atoms with Gasteiger partial charge in [-0.3, -0.25) is 0 Å². The largest absolute Gasteiger partial charge is 0.414 e. The highest BCUT2D eigenvalue weighted by atomic mass is 16.4. The molecule has 0 unspecified atom stereocenters. The number of hydrogen-bond acceptors (Lipinski definition) is 2. The first kappa shape index (κ1) is 8.35. The van der Waals surface area contributed by atoms with Crippen LogP contribution in [0, 0.1) is 11.8 Å². The fourth-order valence-electron chi connectivity index (χ4n) is 0.654. The molecule has 60 valence electrons. The third kappa shape index (κ3) is 2.47. The van der Waals surface area contributed by atoms with E-state index in [1.165, 1.54) is 6.07 Å². The summed E-state index contributed by atoms with van der Waals surface area (Å²) < 4.78 is 4.76. The molecule has 12 heavy (non-hydrogen) atoms. The van der Waals surface area contributed by atoms with Crippen molar-refractivity contribution in [3.63, 3.8) is 0 Å². The maximum atomic E-state index is 10.7. The number of rotatable bonds is 0. The number of hydrogen-bond donors (Lipinski definition) is 0. The topological polar surface area (TPSA) is 30.2 Å². The van der Waals surface area contributed by atoms with Gasteiger partial charge in [-0.2, -0.15) is 0 Å². The Balaban J connectivity index is 2.92. The highest BCUT2D eigenvalue weighted by molar-refractivity contribution is 5.28. The van der Waals surface area contributed by atoms with Gasteiger partial charge in [-0.1, -0.05) is 18.1 Å². The van der Waals surface area contributed by atoms with Crippen molar-refractivity contribution >= 4 is 0 Å². The van der Waals surface area contributed by atoms with E-state index in [2.05, 4.69) is 11.8 Å². The van der Waals surface area contributed by atoms with E-state index in [4.69, 9.17) is 4.42 Å². The standard InChI is InChI=1S/C10H8O2/c1-2-3-4-6-9-7-5-8-10(11)12-9/h2-3,5,7-8H,1H3. The van der Waals surface area contributed by atoms with Crippen LogP contribution in [0.4, 0.5) is 0 Å². The van der Waals surface area contributed by atoms with Crippen molar-refractivity contribution < 1.29 is 4.42 Å². The molecule has 2 heteroatoms. The highest BCUT2D eigenvalue weighted by Crippen LogP contribution is 1.89. The van der Waals surface area contributed by atoms with Crippen molar-refractivity contribution in [3.8, 4) is 11.8 Å². The molecule has 2 nitrogen and oxygen atoms in total. The molecule has 0 atom stereocenters. The van der Waals surface area contributed by atoms with Crippen molar-refractivity contribution in [3.05, 3.63) is 46.5 Å². The molecule has 0 aliphatic rings. The van der Waals surface area contributed by atoms with Gasteiger partial charge >= 0.3 is 5.63 Å². The molecular formula is C10H8O2. The van der Waals surface area contributed by atoms with Gasteiger partial charge in [0.15, 0.2) is 5.76 Å². The van der Waals surface area contributed by atoms with E-state index in [9.17, 15) is 4.79 Å². The second-order valence-corrected chi connectivity index (χ2v) is 2.08. The molecule has 0 N–H and O–H groups in total. The first-order chi connectivity index (χ1) is 5.83. The fraction of sp³-hybridized carbons (Fsp3) is 0.100. The Morgan fingerprint density at radius 1 is 1.50 bits per heavy atom. The van der Waals surface area contributed by atoms with Gasteiger partial charge in [0.1, 0.15) is 0 Å². The summed E-state index contributed by atoms with van der Waals surface area (Å²) in [5, 5.41) is 0. The lowest BCUT2D eigenvalue weighted by Crippen LogP contribution is -1.94. The molecular weight excluding hydrogens is 152 g/mol. The van der Waals surface area contributed by atoms with Crippen molar-refractivity contribution in [1.29, 1.82) is 0 Å². The van der Waals surface area contributed by atoms with Gasteiger partial charge in [0.25, 0.3) is 0 Å². The van der Waals surface area contributed by atoms with Crippen molar-refractivity contribution in [2.75, 3.05) is 0 Å². The Hall–Kier alpha value is -1.75.